The van der Waals surface area contributed by atoms with Gasteiger partial charge in [0.25, 0.3) is 0 Å². The summed E-state index contributed by atoms with van der Waals surface area (Å²) in [6.45, 7) is 9.52. The van der Waals surface area contributed by atoms with E-state index >= 15 is 0 Å². The molecule has 0 bridgehead atoms. The quantitative estimate of drug-likeness (QED) is 0.376. The summed E-state index contributed by atoms with van der Waals surface area (Å²) in [5, 5.41) is 8.96. The molecule has 136 valence electrons. The van der Waals surface area contributed by atoms with E-state index in [1.807, 2.05) is 33.8 Å². The number of guanidine groups is 1. The zero-order chi connectivity index (χ0) is 17.6. The fraction of sp³-hybridized carbons (Fsp3) is 0.529. The van der Waals surface area contributed by atoms with Crippen molar-refractivity contribution in [2.24, 2.45) is 4.99 Å². The molecular weight excluding hydrogens is 422 g/mol. The van der Waals surface area contributed by atoms with Gasteiger partial charge in [0.15, 0.2) is 5.96 Å². The lowest BCUT2D eigenvalue weighted by atomic mass is 10.1. The van der Waals surface area contributed by atoms with Crippen LogP contribution >= 0.6 is 24.0 Å². The highest BCUT2D eigenvalue weighted by Gasteiger charge is 2.14. The van der Waals surface area contributed by atoms with E-state index in [1.54, 1.807) is 20.0 Å². The molecule has 1 amide bonds. The van der Waals surface area contributed by atoms with Gasteiger partial charge in [0.1, 0.15) is 5.82 Å². The minimum atomic E-state index is -0.275. The molecule has 5 nitrogen and oxygen atoms in total. The van der Waals surface area contributed by atoms with Gasteiger partial charge in [-0.05, 0) is 51.8 Å². The zero-order valence-electron chi connectivity index (χ0n) is 15.2. The Balaban J connectivity index is 0.00000529. The topological polar surface area (TPSA) is 65.5 Å². The van der Waals surface area contributed by atoms with Gasteiger partial charge in [-0.15, -0.1) is 24.0 Å². The van der Waals surface area contributed by atoms with Crippen LogP contribution in [0.15, 0.2) is 23.2 Å². The average Bonchev–Trinajstić information content (AvgIpc) is 2.44. The lowest BCUT2D eigenvalue weighted by Crippen LogP contribution is -2.48. The van der Waals surface area contributed by atoms with Crippen molar-refractivity contribution >= 4 is 35.8 Å². The van der Waals surface area contributed by atoms with Crippen LogP contribution in [0.1, 0.15) is 44.9 Å². The molecule has 0 aromatic heterocycles. The lowest BCUT2D eigenvalue weighted by molar-refractivity contribution is -0.121. The fourth-order valence-electron chi connectivity index (χ4n) is 1.99. The van der Waals surface area contributed by atoms with Gasteiger partial charge < -0.3 is 16.0 Å². The highest BCUT2D eigenvalue weighted by Crippen LogP contribution is 2.16. The van der Waals surface area contributed by atoms with Crippen molar-refractivity contribution in [3.8, 4) is 0 Å². The Morgan fingerprint density at radius 2 is 1.96 bits per heavy atom. The van der Waals surface area contributed by atoms with Crippen molar-refractivity contribution in [3.05, 3.63) is 35.1 Å². The van der Waals surface area contributed by atoms with Crippen LogP contribution in [-0.4, -0.2) is 31.0 Å². The minimum absolute atomic E-state index is 0. The van der Waals surface area contributed by atoms with E-state index in [4.69, 9.17) is 0 Å². The molecule has 24 heavy (non-hydrogen) atoms. The van der Waals surface area contributed by atoms with Crippen LogP contribution in [0.4, 0.5) is 4.39 Å². The molecule has 0 fully saturated rings. The van der Waals surface area contributed by atoms with Gasteiger partial charge in [0.2, 0.25) is 5.91 Å². The van der Waals surface area contributed by atoms with Crippen molar-refractivity contribution in [2.75, 3.05) is 13.6 Å². The van der Waals surface area contributed by atoms with E-state index < -0.39 is 0 Å². The standard InChI is InChI=1S/C17H27FN4O.HI/c1-11-7-8-13(9-14(11)18)12(2)21-16(19-6)20-10-15(23)22-17(3,4)5;/h7-9,12H,10H2,1-6H3,(H,22,23)(H2,19,20,21);1H. The maximum atomic E-state index is 13.6. The molecule has 0 saturated carbocycles. The smallest absolute Gasteiger partial charge is 0.239 e. The largest absolute Gasteiger partial charge is 0.350 e. The third-order valence-corrected chi connectivity index (χ3v) is 3.20. The molecule has 1 rings (SSSR count). The Hall–Kier alpha value is -1.38. The van der Waals surface area contributed by atoms with Crippen LogP contribution in [-0.2, 0) is 4.79 Å². The number of halogens is 2. The Morgan fingerprint density at radius 3 is 2.46 bits per heavy atom. The van der Waals surface area contributed by atoms with Crippen molar-refractivity contribution in [2.45, 2.75) is 46.2 Å². The van der Waals surface area contributed by atoms with Crippen LogP contribution in [0.3, 0.4) is 0 Å². The van der Waals surface area contributed by atoms with E-state index in [0.717, 1.165) is 5.56 Å². The number of nitrogens with one attached hydrogen (secondary N) is 3. The minimum Gasteiger partial charge on any atom is -0.350 e. The van der Waals surface area contributed by atoms with Gasteiger partial charge in [-0.25, -0.2) is 4.39 Å². The number of nitrogens with zero attached hydrogens (tertiary/aromatic N) is 1. The number of carbonyl (C=O) groups excluding carboxylic acids is 1. The highest BCUT2D eigenvalue weighted by molar-refractivity contribution is 14.0. The number of hydrogen-bond donors (Lipinski definition) is 3. The first-order valence-electron chi connectivity index (χ1n) is 7.66. The molecule has 1 aromatic carbocycles. The van der Waals surface area contributed by atoms with Gasteiger partial charge in [0, 0.05) is 12.6 Å². The van der Waals surface area contributed by atoms with Crippen molar-refractivity contribution in [1.82, 2.24) is 16.0 Å². The summed E-state index contributed by atoms with van der Waals surface area (Å²) in [5.74, 6) is 0.140. The zero-order valence-corrected chi connectivity index (χ0v) is 17.5. The second-order valence-electron chi connectivity index (χ2n) is 6.60. The fourth-order valence-corrected chi connectivity index (χ4v) is 1.99. The van der Waals surface area contributed by atoms with Crippen LogP contribution < -0.4 is 16.0 Å². The number of rotatable bonds is 4. The summed E-state index contributed by atoms with van der Waals surface area (Å²) in [5.41, 5.74) is 1.15. The molecule has 0 aliphatic heterocycles. The molecule has 1 atom stereocenters. The van der Waals surface area contributed by atoms with E-state index in [9.17, 15) is 9.18 Å². The van der Waals surface area contributed by atoms with Gasteiger partial charge in [-0.2, -0.15) is 0 Å². The molecule has 0 aliphatic carbocycles. The first kappa shape index (κ1) is 22.6. The van der Waals surface area contributed by atoms with E-state index in [2.05, 4.69) is 20.9 Å². The first-order chi connectivity index (χ1) is 10.6. The average molecular weight is 450 g/mol. The van der Waals surface area contributed by atoms with Crippen molar-refractivity contribution in [3.63, 3.8) is 0 Å². The number of benzene rings is 1. The molecule has 0 heterocycles. The molecule has 3 N–H and O–H groups in total. The van der Waals surface area contributed by atoms with Crippen molar-refractivity contribution < 1.29 is 9.18 Å². The Kier molecular flexibility index (Phi) is 9.24. The molecule has 0 radical (unpaired) electrons. The van der Waals surface area contributed by atoms with Crippen LogP contribution in [0.5, 0.6) is 0 Å². The highest BCUT2D eigenvalue weighted by atomic mass is 127. The molecular formula is C17H28FIN4O. The summed E-state index contributed by atoms with van der Waals surface area (Å²) >= 11 is 0. The molecule has 0 spiro atoms. The summed E-state index contributed by atoms with van der Waals surface area (Å²) in [6, 6.07) is 4.99. The van der Waals surface area contributed by atoms with Gasteiger partial charge in [0.05, 0.1) is 12.6 Å². The maximum Gasteiger partial charge on any atom is 0.239 e. The normalized spacial score (nSPS) is 12.9. The summed E-state index contributed by atoms with van der Waals surface area (Å²) < 4.78 is 13.6. The monoisotopic (exact) mass is 450 g/mol. The van der Waals surface area contributed by atoms with E-state index in [0.29, 0.717) is 11.5 Å². The van der Waals surface area contributed by atoms with Gasteiger partial charge in [-0.1, -0.05) is 12.1 Å². The van der Waals surface area contributed by atoms with Crippen LogP contribution in [0, 0.1) is 12.7 Å². The second kappa shape index (κ2) is 9.80. The summed E-state index contributed by atoms with van der Waals surface area (Å²) in [6.07, 6.45) is 0. The number of hydrogen-bond acceptors (Lipinski definition) is 2. The molecule has 7 heteroatoms. The molecule has 0 aliphatic rings. The number of aryl methyl sites for hydroxylation is 1. The van der Waals surface area contributed by atoms with Crippen molar-refractivity contribution in [1.29, 1.82) is 0 Å². The Morgan fingerprint density at radius 1 is 1.33 bits per heavy atom. The molecule has 1 aromatic rings. The maximum absolute atomic E-state index is 13.6. The SMILES string of the molecule is CN=C(NCC(=O)NC(C)(C)C)NC(C)c1ccc(C)c(F)c1.I. The molecule has 1 unspecified atom stereocenters. The molecule has 0 saturated heterocycles. The summed E-state index contributed by atoms with van der Waals surface area (Å²) in [7, 11) is 1.62. The predicted octanol–water partition coefficient (Wildman–Crippen LogP) is 2.89. The van der Waals surface area contributed by atoms with Crippen LogP contribution in [0.2, 0.25) is 0 Å². The number of aliphatic imine (C=N–C) groups is 1. The second-order valence-corrected chi connectivity index (χ2v) is 6.60. The van der Waals surface area contributed by atoms with Gasteiger partial charge >= 0.3 is 0 Å². The third-order valence-electron chi connectivity index (χ3n) is 3.20. The van der Waals surface area contributed by atoms with E-state index in [1.165, 1.54) is 6.07 Å². The van der Waals surface area contributed by atoms with E-state index in [-0.39, 0.29) is 53.8 Å². The Bertz CT molecular complexity index is 584. The van der Waals surface area contributed by atoms with Gasteiger partial charge in [-0.3, -0.25) is 9.79 Å². The Labute approximate surface area is 160 Å². The predicted molar refractivity (Wildman–Crippen MR) is 107 cm³/mol. The number of carbonyl (C=O) groups is 1. The first-order valence-corrected chi connectivity index (χ1v) is 7.66. The third kappa shape index (κ3) is 7.94. The lowest BCUT2D eigenvalue weighted by Gasteiger charge is -2.22. The van der Waals surface area contributed by atoms with Crippen LogP contribution in [0.25, 0.3) is 0 Å². The summed E-state index contributed by atoms with van der Waals surface area (Å²) in [4.78, 5) is 15.9. The number of amides is 1.